The molecule has 0 amide bonds. The summed E-state index contributed by atoms with van der Waals surface area (Å²) >= 11 is 6.04. The highest BCUT2D eigenvalue weighted by molar-refractivity contribution is 6.33. The lowest BCUT2D eigenvalue weighted by molar-refractivity contribution is -0.137. The van der Waals surface area contributed by atoms with E-state index in [1.54, 1.807) is 6.07 Å². The van der Waals surface area contributed by atoms with Crippen LogP contribution in [0.25, 0.3) is 17.2 Å². The molecule has 0 aliphatic rings. The molecule has 2 aromatic carbocycles. The molecule has 0 aliphatic heterocycles. The number of aliphatic carboxylic acids is 1. The molecule has 0 fully saturated rings. The van der Waals surface area contributed by atoms with Gasteiger partial charge in [-0.3, -0.25) is 0 Å². The SMILES string of the molecule is O=C(O)/C=C/c1ccc(Cl)c(-c2cccc(C(F)(F)F)c2)c1. The highest BCUT2D eigenvalue weighted by Gasteiger charge is 2.30. The van der Waals surface area contributed by atoms with E-state index in [2.05, 4.69) is 0 Å². The summed E-state index contributed by atoms with van der Waals surface area (Å²) in [4.78, 5) is 10.5. The molecule has 2 rings (SSSR count). The Kier molecular flexibility index (Phi) is 4.56. The maximum absolute atomic E-state index is 12.8. The highest BCUT2D eigenvalue weighted by atomic mass is 35.5. The van der Waals surface area contributed by atoms with Gasteiger partial charge in [0.15, 0.2) is 0 Å². The van der Waals surface area contributed by atoms with Crippen LogP contribution >= 0.6 is 11.6 Å². The Morgan fingerprint density at radius 1 is 1.14 bits per heavy atom. The molecule has 0 unspecified atom stereocenters. The van der Waals surface area contributed by atoms with Gasteiger partial charge in [-0.2, -0.15) is 13.2 Å². The molecule has 0 aromatic heterocycles. The lowest BCUT2D eigenvalue weighted by Gasteiger charge is -2.10. The molecule has 2 nitrogen and oxygen atoms in total. The lowest BCUT2D eigenvalue weighted by atomic mass is 10.0. The summed E-state index contributed by atoms with van der Waals surface area (Å²) in [6.45, 7) is 0. The van der Waals surface area contributed by atoms with Crippen LogP contribution < -0.4 is 0 Å². The van der Waals surface area contributed by atoms with Crippen LogP contribution in [0.1, 0.15) is 11.1 Å². The van der Waals surface area contributed by atoms with Gasteiger partial charge >= 0.3 is 12.1 Å². The summed E-state index contributed by atoms with van der Waals surface area (Å²) in [7, 11) is 0. The number of alkyl halides is 3. The van der Waals surface area contributed by atoms with Gasteiger partial charge in [0.05, 0.1) is 5.56 Å². The molecule has 0 saturated heterocycles. The van der Waals surface area contributed by atoms with Crippen molar-refractivity contribution in [3.8, 4) is 11.1 Å². The Morgan fingerprint density at radius 3 is 2.50 bits per heavy atom. The largest absolute Gasteiger partial charge is 0.478 e. The number of carboxylic acid groups (broad SMARTS) is 1. The van der Waals surface area contributed by atoms with Crippen molar-refractivity contribution in [2.45, 2.75) is 6.18 Å². The Balaban J connectivity index is 2.48. The van der Waals surface area contributed by atoms with Gasteiger partial charge in [-0.05, 0) is 41.5 Å². The molecule has 0 bridgehead atoms. The van der Waals surface area contributed by atoms with Crippen LogP contribution in [-0.2, 0) is 11.0 Å². The minimum Gasteiger partial charge on any atom is -0.478 e. The first kappa shape index (κ1) is 16.1. The second-order valence-electron chi connectivity index (χ2n) is 4.49. The molecule has 114 valence electrons. The molecular formula is C16H10ClF3O2. The van der Waals surface area contributed by atoms with Gasteiger partial charge in [0.2, 0.25) is 0 Å². The van der Waals surface area contributed by atoms with Gasteiger partial charge in [0.1, 0.15) is 0 Å². The standard InChI is InChI=1S/C16H10ClF3O2/c17-14-6-4-10(5-7-15(21)22)8-13(14)11-2-1-3-12(9-11)16(18,19)20/h1-9H,(H,21,22)/b7-5+. The Labute approximate surface area is 129 Å². The predicted octanol–water partition coefficient (Wildman–Crippen LogP) is 5.12. The number of hydrogen-bond acceptors (Lipinski definition) is 1. The molecule has 0 heterocycles. The van der Waals surface area contributed by atoms with E-state index in [0.29, 0.717) is 16.7 Å². The maximum atomic E-state index is 12.8. The molecule has 2 aromatic rings. The van der Waals surface area contributed by atoms with Crippen molar-refractivity contribution in [2.24, 2.45) is 0 Å². The minimum atomic E-state index is -4.44. The number of rotatable bonds is 3. The first-order valence-corrected chi connectivity index (χ1v) is 6.53. The third-order valence-corrected chi connectivity index (χ3v) is 3.24. The molecule has 1 N–H and O–H groups in total. The third kappa shape index (κ3) is 3.89. The monoisotopic (exact) mass is 326 g/mol. The molecule has 22 heavy (non-hydrogen) atoms. The topological polar surface area (TPSA) is 37.3 Å². The number of halogens is 4. The van der Waals surface area contributed by atoms with Crippen molar-refractivity contribution in [3.05, 3.63) is 64.7 Å². The smallest absolute Gasteiger partial charge is 0.416 e. The third-order valence-electron chi connectivity index (χ3n) is 2.91. The van der Waals surface area contributed by atoms with Gasteiger partial charge in [-0.15, -0.1) is 0 Å². The van der Waals surface area contributed by atoms with Gasteiger partial charge in [-0.25, -0.2) is 4.79 Å². The van der Waals surface area contributed by atoms with Gasteiger partial charge < -0.3 is 5.11 Å². The second kappa shape index (κ2) is 6.23. The zero-order valence-corrected chi connectivity index (χ0v) is 11.8. The average molecular weight is 327 g/mol. The quantitative estimate of drug-likeness (QED) is 0.794. The fourth-order valence-electron chi connectivity index (χ4n) is 1.90. The van der Waals surface area contributed by atoms with E-state index in [9.17, 15) is 18.0 Å². The molecule has 0 saturated carbocycles. The van der Waals surface area contributed by atoms with Crippen molar-refractivity contribution in [2.75, 3.05) is 0 Å². The number of hydrogen-bond donors (Lipinski definition) is 1. The van der Waals surface area contributed by atoms with Crippen LogP contribution in [0, 0.1) is 0 Å². The predicted molar refractivity (Wildman–Crippen MR) is 78.6 cm³/mol. The summed E-state index contributed by atoms with van der Waals surface area (Å²) in [5, 5.41) is 8.89. The zero-order chi connectivity index (χ0) is 16.3. The summed E-state index contributed by atoms with van der Waals surface area (Å²) in [6.07, 6.45) is -2.15. The van der Waals surface area contributed by atoms with Gasteiger partial charge in [0.25, 0.3) is 0 Å². The summed E-state index contributed by atoms with van der Waals surface area (Å²) in [6, 6.07) is 9.43. The van der Waals surface area contributed by atoms with Crippen LogP contribution in [0.3, 0.4) is 0 Å². The van der Waals surface area contributed by atoms with Crippen LogP contribution in [0.4, 0.5) is 13.2 Å². The van der Waals surface area contributed by atoms with Gasteiger partial charge in [-0.1, -0.05) is 29.8 Å². The van der Waals surface area contributed by atoms with Crippen molar-refractivity contribution in [1.29, 1.82) is 0 Å². The van der Waals surface area contributed by atoms with E-state index in [-0.39, 0.29) is 5.02 Å². The fourth-order valence-corrected chi connectivity index (χ4v) is 2.13. The van der Waals surface area contributed by atoms with Crippen molar-refractivity contribution in [1.82, 2.24) is 0 Å². The van der Waals surface area contributed by atoms with Crippen molar-refractivity contribution < 1.29 is 23.1 Å². The summed E-state index contributed by atoms with van der Waals surface area (Å²) < 4.78 is 38.3. The van der Waals surface area contributed by atoms with E-state index in [1.807, 2.05) is 0 Å². The van der Waals surface area contributed by atoms with E-state index in [0.717, 1.165) is 18.2 Å². The number of carboxylic acids is 1. The van der Waals surface area contributed by atoms with Gasteiger partial charge in [0, 0.05) is 16.7 Å². The molecule has 0 radical (unpaired) electrons. The Hall–Kier alpha value is -2.27. The van der Waals surface area contributed by atoms with E-state index >= 15 is 0 Å². The highest BCUT2D eigenvalue weighted by Crippen LogP contribution is 2.34. The summed E-state index contributed by atoms with van der Waals surface area (Å²) in [5.41, 5.74) is 0.470. The van der Waals surface area contributed by atoms with E-state index in [4.69, 9.17) is 16.7 Å². The lowest BCUT2D eigenvalue weighted by Crippen LogP contribution is -2.04. The number of carbonyl (C=O) groups is 1. The molecule has 0 spiro atoms. The van der Waals surface area contributed by atoms with Crippen molar-refractivity contribution >= 4 is 23.6 Å². The van der Waals surface area contributed by atoms with Crippen LogP contribution in [0.5, 0.6) is 0 Å². The summed E-state index contributed by atoms with van der Waals surface area (Å²) in [5.74, 6) is -1.12. The average Bonchev–Trinajstić information content (AvgIpc) is 2.45. The Bertz CT molecular complexity index is 736. The number of benzene rings is 2. The van der Waals surface area contributed by atoms with Crippen molar-refractivity contribution in [3.63, 3.8) is 0 Å². The fraction of sp³-hybridized carbons (Fsp3) is 0.0625. The first-order chi connectivity index (χ1) is 10.3. The Morgan fingerprint density at radius 2 is 1.86 bits per heavy atom. The normalized spacial score (nSPS) is 11.8. The first-order valence-electron chi connectivity index (χ1n) is 6.15. The molecule has 0 aliphatic carbocycles. The van der Waals surface area contributed by atoms with Crippen LogP contribution in [-0.4, -0.2) is 11.1 Å². The zero-order valence-electron chi connectivity index (χ0n) is 11.1. The van der Waals surface area contributed by atoms with Crippen LogP contribution in [0.2, 0.25) is 5.02 Å². The minimum absolute atomic E-state index is 0.284. The maximum Gasteiger partial charge on any atom is 0.416 e. The van der Waals surface area contributed by atoms with E-state index < -0.39 is 17.7 Å². The van der Waals surface area contributed by atoms with Crippen LogP contribution in [0.15, 0.2) is 48.5 Å². The second-order valence-corrected chi connectivity index (χ2v) is 4.90. The molecular weight excluding hydrogens is 317 g/mol. The molecule has 0 atom stereocenters. The molecule has 6 heteroatoms. The van der Waals surface area contributed by atoms with E-state index in [1.165, 1.54) is 30.3 Å².